The molecular weight excluding hydrogens is 312 g/mol. The van der Waals surface area contributed by atoms with Gasteiger partial charge >= 0.3 is 0 Å². The third-order valence-corrected chi connectivity index (χ3v) is 9.25. The van der Waals surface area contributed by atoms with E-state index >= 15 is 0 Å². The largest absolute Gasteiger partial charge is 0.402 e. The third kappa shape index (κ3) is 4.56. The Morgan fingerprint density at radius 1 is 1.04 bits per heavy atom. The zero-order valence-electron chi connectivity index (χ0n) is 15.8. The highest BCUT2D eigenvalue weighted by Gasteiger charge is 2.46. The van der Waals surface area contributed by atoms with Crippen LogP contribution in [-0.4, -0.2) is 20.5 Å². The van der Waals surface area contributed by atoms with Crippen LogP contribution in [0.15, 0.2) is 68.3 Å². The van der Waals surface area contributed by atoms with Crippen LogP contribution in [0.3, 0.4) is 0 Å². The summed E-state index contributed by atoms with van der Waals surface area (Å²) in [5.41, 5.74) is 0.255. The lowest BCUT2D eigenvalue weighted by atomic mass is 9.91. The van der Waals surface area contributed by atoms with E-state index in [0.29, 0.717) is 6.61 Å². The molecule has 0 radical (unpaired) electrons. The molecule has 1 atom stereocenters. The SMILES string of the molecule is C=CCO[C@H](c1ccccc1)C(C=C)(C=C)O[Si](C)(C)C(C)(C)C. The normalized spacial score (nSPS) is 14.0. The van der Waals surface area contributed by atoms with Crippen LogP contribution in [0.2, 0.25) is 18.1 Å². The van der Waals surface area contributed by atoms with Crippen molar-refractivity contribution < 1.29 is 9.16 Å². The van der Waals surface area contributed by atoms with E-state index in [9.17, 15) is 0 Å². The van der Waals surface area contributed by atoms with E-state index in [1.165, 1.54) is 0 Å². The molecule has 0 saturated carbocycles. The Morgan fingerprint density at radius 2 is 1.58 bits per heavy atom. The molecular formula is C21H32O2Si. The molecule has 0 saturated heterocycles. The smallest absolute Gasteiger partial charge is 0.193 e. The van der Waals surface area contributed by atoms with Gasteiger partial charge in [-0.2, -0.15) is 0 Å². The molecule has 0 aliphatic rings. The minimum atomic E-state index is -2.07. The summed E-state index contributed by atoms with van der Waals surface area (Å²) in [6, 6.07) is 10.1. The van der Waals surface area contributed by atoms with Gasteiger partial charge in [0.2, 0.25) is 0 Å². The zero-order valence-corrected chi connectivity index (χ0v) is 16.8. The van der Waals surface area contributed by atoms with E-state index in [-0.39, 0.29) is 11.1 Å². The first kappa shape index (κ1) is 20.6. The van der Waals surface area contributed by atoms with Gasteiger partial charge in [0.1, 0.15) is 11.7 Å². The summed E-state index contributed by atoms with van der Waals surface area (Å²) in [5, 5.41) is 0.0734. The van der Waals surface area contributed by atoms with Crippen molar-refractivity contribution in [2.75, 3.05) is 6.61 Å². The number of rotatable bonds is 9. The zero-order chi connectivity index (χ0) is 18.4. The van der Waals surface area contributed by atoms with E-state index in [1.807, 2.05) is 42.5 Å². The third-order valence-electron chi connectivity index (χ3n) is 4.77. The van der Waals surface area contributed by atoms with Gasteiger partial charge in [0.15, 0.2) is 8.32 Å². The highest BCUT2D eigenvalue weighted by Crippen LogP contribution is 2.44. The maximum Gasteiger partial charge on any atom is 0.193 e. The second-order valence-electron chi connectivity index (χ2n) is 7.54. The molecule has 132 valence electrons. The van der Waals surface area contributed by atoms with E-state index in [1.54, 1.807) is 6.08 Å². The number of hydrogen-bond acceptors (Lipinski definition) is 2. The molecule has 3 heteroatoms. The Labute approximate surface area is 149 Å². The average Bonchev–Trinajstić information content (AvgIpc) is 2.53. The van der Waals surface area contributed by atoms with Crippen LogP contribution in [0.25, 0.3) is 0 Å². The van der Waals surface area contributed by atoms with Gasteiger partial charge in [0.25, 0.3) is 0 Å². The summed E-state index contributed by atoms with van der Waals surface area (Å²) in [7, 11) is -2.07. The molecule has 0 bridgehead atoms. The lowest BCUT2D eigenvalue weighted by Crippen LogP contribution is -2.51. The van der Waals surface area contributed by atoms with Crippen LogP contribution >= 0.6 is 0 Å². The monoisotopic (exact) mass is 344 g/mol. The first-order chi connectivity index (χ1) is 11.1. The van der Waals surface area contributed by atoms with Crippen molar-refractivity contribution in [3.05, 3.63) is 73.9 Å². The molecule has 0 N–H and O–H groups in total. The van der Waals surface area contributed by atoms with E-state index in [4.69, 9.17) is 9.16 Å². The van der Waals surface area contributed by atoms with Gasteiger partial charge in [0.05, 0.1) is 6.61 Å². The molecule has 0 amide bonds. The van der Waals surface area contributed by atoms with Gasteiger partial charge in [-0.3, -0.25) is 0 Å². The van der Waals surface area contributed by atoms with E-state index in [2.05, 4.69) is 53.6 Å². The molecule has 0 aromatic heterocycles. The summed E-state index contributed by atoms with van der Waals surface area (Å²) in [4.78, 5) is 0. The Kier molecular flexibility index (Phi) is 6.96. The molecule has 1 rings (SSSR count). The fraction of sp³-hybridized carbons (Fsp3) is 0.429. The van der Waals surface area contributed by atoms with Crippen LogP contribution in [0.1, 0.15) is 32.4 Å². The average molecular weight is 345 g/mol. The Balaban J connectivity index is 3.37. The molecule has 0 fully saturated rings. The summed E-state index contributed by atoms with van der Waals surface area (Å²) in [6.45, 7) is 23.4. The molecule has 1 aromatic rings. The van der Waals surface area contributed by atoms with Crippen LogP contribution < -0.4 is 0 Å². The quantitative estimate of drug-likeness (QED) is 0.400. The first-order valence-electron chi connectivity index (χ1n) is 8.38. The van der Waals surface area contributed by atoms with Crippen molar-refractivity contribution in [2.24, 2.45) is 0 Å². The number of hydrogen-bond donors (Lipinski definition) is 0. The molecule has 0 aliphatic carbocycles. The van der Waals surface area contributed by atoms with Gasteiger partial charge < -0.3 is 9.16 Å². The predicted molar refractivity (Wildman–Crippen MR) is 107 cm³/mol. The standard InChI is InChI=1S/C21H32O2Si/c1-9-17-22-19(18-15-13-12-14-16-18)21(10-2,11-3)23-24(7,8)20(4,5)6/h9-16,19H,1-3,17H2,4-8H3/t19-/m1/s1. The minimum Gasteiger partial charge on any atom is -0.402 e. The lowest BCUT2D eigenvalue weighted by molar-refractivity contribution is -0.0408. The Hall–Kier alpha value is -1.42. The fourth-order valence-electron chi connectivity index (χ4n) is 2.31. The van der Waals surface area contributed by atoms with Crippen LogP contribution in [-0.2, 0) is 9.16 Å². The van der Waals surface area contributed by atoms with Gasteiger partial charge in [-0.25, -0.2) is 0 Å². The van der Waals surface area contributed by atoms with Crippen LogP contribution in [0, 0.1) is 0 Å². The second-order valence-corrected chi connectivity index (χ2v) is 12.3. The maximum absolute atomic E-state index is 6.75. The van der Waals surface area contributed by atoms with Crippen molar-refractivity contribution in [2.45, 2.75) is 50.6 Å². The van der Waals surface area contributed by atoms with Crippen molar-refractivity contribution in [1.29, 1.82) is 0 Å². The lowest BCUT2D eigenvalue weighted by Gasteiger charge is -2.46. The summed E-state index contributed by atoms with van der Waals surface area (Å²) in [6.07, 6.45) is 5.07. The molecule has 0 aliphatic heterocycles. The van der Waals surface area contributed by atoms with Crippen LogP contribution in [0.4, 0.5) is 0 Å². The topological polar surface area (TPSA) is 18.5 Å². The van der Waals surface area contributed by atoms with E-state index < -0.39 is 13.9 Å². The minimum absolute atomic E-state index is 0.0734. The van der Waals surface area contributed by atoms with E-state index in [0.717, 1.165) is 5.56 Å². The molecule has 2 nitrogen and oxygen atoms in total. The molecule has 0 spiro atoms. The van der Waals surface area contributed by atoms with Gasteiger partial charge in [-0.15, -0.1) is 6.58 Å². The molecule has 24 heavy (non-hydrogen) atoms. The number of benzene rings is 1. The summed E-state index contributed by atoms with van der Waals surface area (Å²) < 4.78 is 12.9. The molecule has 1 aromatic carbocycles. The fourth-order valence-corrected chi connectivity index (χ4v) is 3.77. The van der Waals surface area contributed by atoms with Crippen molar-refractivity contribution in [1.82, 2.24) is 0 Å². The Bertz CT molecular complexity index is 547. The van der Waals surface area contributed by atoms with Crippen molar-refractivity contribution in [3.63, 3.8) is 0 Å². The Morgan fingerprint density at radius 3 is 2.00 bits per heavy atom. The predicted octanol–water partition coefficient (Wildman–Crippen LogP) is 6.06. The van der Waals surface area contributed by atoms with Gasteiger partial charge in [0, 0.05) is 0 Å². The first-order valence-corrected chi connectivity index (χ1v) is 11.3. The molecule has 0 unspecified atom stereocenters. The van der Waals surface area contributed by atoms with Crippen LogP contribution in [0.5, 0.6) is 0 Å². The summed E-state index contributed by atoms with van der Waals surface area (Å²) in [5.74, 6) is 0. The highest BCUT2D eigenvalue weighted by atomic mass is 28.4. The van der Waals surface area contributed by atoms with Crippen molar-refractivity contribution in [3.8, 4) is 0 Å². The second kappa shape index (κ2) is 8.10. The maximum atomic E-state index is 6.75. The highest BCUT2D eigenvalue weighted by molar-refractivity contribution is 6.74. The van der Waals surface area contributed by atoms with Gasteiger partial charge in [-0.1, -0.05) is 82.5 Å². The van der Waals surface area contributed by atoms with Gasteiger partial charge in [-0.05, 0) is 23.7 Å². The van der Waals surface area contributed by atoms with Crippen molar-refractivity contribution >= 4 is 8.32 Å². The summed E-state index contributed by atoms with van der Waals surface area (Å²) >= 11 is 0. The number of ether oxygens (including phenoxy) is 1. The molecule has 0 heterocycles.